The highest BCUT2D eigenvalue weighted by molar-refractivity contribution is 6.05. The third-order valence-corrected chi connectivity index (χ3v) is 2.90. The number of aryl methyl sites for hydroxylation is 2. The van der Waals surface area contributed by atoms with Crippen LogP contribution in [0.25, 0.3) is 6.08 Å². The van der Waals surface area contributed by atoms with Crippen LogP contribution in [0.5, 0.6) is 0 Å². The Morgan fingerprint density at radius 3 is 3.06 bits per heavy atom. The fraction of sp³-hybridized carbons (Fsp3) is 0.308. The van der Waals surface area contributed by atoms with Crippen LogP contribution in [0, 0.1) is 12.3 Å². The van der Waals surface area contributed by atoms with Crippen molar-refractivity contribution < 1.29 is 4.79 Å². The van der Waals surface area contributed by atoms with Gasteiger partial charge in [0, 0.05) is 5.69 Å². The van der Waals surface area contributed by atoms with Gasteiger partial charge in [0.25, 0.3) is 5.91 Å². The predicted molar refractivity (Wildman–Crippen MR) is 70.3 cm³/mol. The molecule has 0 saturated carbocycles. The van der Waals surface area contributed by atoms with Gasteiger partial charge < -0.3 is 5.73 Å². The Morgan fingerprint density at radius 2 is 2.33 bits per heavy atom. The zero-order valence-electron chi connectivity index (χ0n) is 10.3. The van der Waals surface area contributed by atoms with Crippen molar-refractivity contribution in [1.29, 1.82) is 5.41 Å². The number of nitrogens with zero attached hydrogens (tertiary/aromatic N) is 1. The molecule has 0 aromatic carbocycles. The quantitative estimate of drug-likeness (QED) is 0.514. The second-order valence-corrected chi connectivity index (χ2v) is 4.32. The number of fused-ring (bicyclic) bond motifs is 1. The van der Waals surface area contributed by atoms with Gasteiger partial charge in [0.2, 0.25) is 0 Å². The summed E-state index contributed by atoms with van der Waals surface area (Å²) in [6.07, 6.45) is 7.13. The maximum atomic E-state index is 11.9. The average Bonchev–Trinajstić information content (AvgIpc) is 2.51. The smallest absolute Gasteiger partial charge is 0.259 e. The summed E-state index contributed by atoms with van der Waals surface area (Å²) in [5.41, 5.74) is 8.30. The Labute approximate surface area is 106 Å². The molecule has 2 rings (SSSR count). The third-order valence-electron chi connectivity index (χ3n) is 2.90. The number of guanidine groups is 1. The van der Waals surface area contributed by atoms with E-state index < -0.39 is 0 Å². The first-order valence-electron chi connectivity index (χ1n) is 5.90. The van der Waals surface area contributed by atoms with Gasteiger partial charge in [-0.05, 0) is 37.8 Å². The number of carbonyl (C=O) groups excluding carboxylic acids is 1. The predicted octanol–water partition coefficient (Wildman–Crippen LogP) is 1.36. The van der Waals surface area contributed by atoms with E-state index in [0.29, 0.717) is 11.3 Å². The van der Waals surface area contributed by atoms with Crippen molar-refractivity contribution in [2.24, 2.45) is 5.73 Å². The molecule has 18 heavy (non-hydrogen) atoms. The minimum Gasteiger partial charge on any atom is -0.370 e. The fourth-order valence-electron chi connectivity index (χ4n) is 2.03. The minimum atomic E-state index is -0.382. The van der Waals surface area contributed by atoms with E-state index in [2.05, 4.69) is 16.4 Å². The van der Waals surface area contributed by atoms with Crippen molar-refractivity contribution in [1.82, 2.24) is 10.3 Å². The standard InChI is InChI=1S/C13H16N4O/c1-8-10(12(18)17-13(14)15)7-9-5-3-2-4-6-11(9)16-8/h3,5,7H,2,4,6H2,1H3,(H4,14,15,17,18). The van der Waals surface area contributed by atoms with E-state index in [9.17, 15) is 4.79 Å². The van der Waals surface area contributed by atoms with Crippen molar-refractivity contribution in [2.45, 2.75) is 26.2 Å². The summed E-state index contributed by atoms with van der Waals surface area (Å²) in [7, 11) is 0. The van der Waals surface area contributed by atoms with Crippen LogP contribution in [-0.4, -0.2) is 16.9 Å². The van der Waals surface area contributed by atoms with Crippen molar-refractivity contribution >= 4 is 17.9 Å². The molecule has 0 radical (unpaired) electrons. The van der Waals surface area contributed by atoms with Crippen LogP contribution in [0.2, 0.25) is 0 Å². The van der Waals surface area contributed by atoms with Crippen molar-refractivity contribution in [3.63, 3.8) is 0 Å². The van der Waals surface area contributed by atoms with E-state index in [1.165, 1.54) is 0 Å². The van der Waals surface area contributed by atoms with Gasteiger partial charge in [0.1, 0.15) is 0 Å². The van der Waals surface area contributed by atoms with Crippen LogP contribution in [-0.2, 0) is 6.42 Å². The first kappa shape index (κ1) is 12.3. The number of allylic oxidation sites excluding steroid dienone is 1. The number of carbonyl (C=O) groups is 1. The number of hydrogen-bond donors (Lipinski definition) is 3. The van der Waals surface area contributed by atoms with Crippen LogP contribution in [0.4, 0.5) is 0 Å². The number of amides is 1. The number of rotatable bonds is 1. The summed E-state index contributed by atoms with van der Waals surface area (Å²) >= 11 is 0. The Balaban J connectivity index is 2.40. The zero-order valence-corrected chi connectivity index (χ0v) is 10.3. The average molecular weight is 244 g/mol. The van der Waals surface area contributed by atoms with E-state index in [1.54, 1.807) is 6.92 Å². The van der Waals surface area contributed by atoms with E-state index >= 15 is 0 Å². The lowest BCUT2D eigenvalue weighted by atomic mass is 10.1. The van der Waals surface area contributed by atoms with Gasteiger partial charge in [-0.1, -0.05) is 12.2 Å². The molecule has 1 aliphatic rings. The summed E-state index contributed by atoms with van der Waals surface area (Å²) < 4.78 is 0. The Hall–Kier alpha value is -2.17. The van der Waals surface area contributed by atoms with Crippen LogP contribution in [0.3, 0.4) is 0 Å². The first-order valence-corrected chi connectivity index (χ1v) is 5.90. The molecule has 5 nitrogen and oxygen atoms in total. The second kappa shape index (κ2) is 5.00. The summed E-state index contributed by atoms with van der Waals surface area (Å²) in [6.45, 7) is 1.80. The van der Waals surface area contributed by atoms with Gasteiger partial charge in [0.15, 0.2) is 5.96 Å². The number of nitrogens with two attached hydrogens (primary N) is 1. The Morgan fingerprint density at radius 1 is 1.56 bits per heavy atom. The highest BCUT2D eigenvalue weighted by Gasteiger charge is 2.15. The van der Waals surface area contributed by atoms with Crippen molar-refractivity contribution in [2.75, 3.05) is 0 Å². The normalized spacial score (nSPS) is 13.6. The summed E-state index contributed by atoms with van der Waals surface area (Å²) in [4.78, 5) is 16.3. The summed E-state index contributed by atoms with van der Waals surface area (Å²) in [5.74, 6) is -0.738. The molecule has 0 bridgehead atoms. The SMILES string of the molecule is Cc1nc2c(cc1C(=O)NC(=N)N)C=CCCC2. The molecule has 4 N–H and O–H groups in total. The molecule has 0 aliphatic heterocycles. The molecule has 1 aliphatic carbocycles. The van der Waals surface area contributed by atoms with E-state index in [4.69, 9.17) is 11.1 Å². The molecule has 0 fully saturated rings. The van der Waals surface area contributed by atoms with Crippen LogP contribution >= 0.6 is 0 Å². The molecule has 0 atom stereocenters. The maximum Gasteiger partial charge on any atom is 0.259 e. The molecule has 5 heteroatoms. The molecule has 1 aromatic heterocycles. The number of pyridine rings is 1. The molecular formula is C13H16N4O. The summed E-state index contributed by atoms with van der Waals surface area (Å²) in [6, 6.07) is 1.82. The third kappa shape index (κ3) is 2.56. The largest absolute Gasteiger partial charge is 0.370 e. The monoisotopic (exact) mass is 244 g/mol. The van der Waals surface area contributed by atoms with Gasteiger partial charge in [-0.25, -0.2) is 0 Å². The summed E-state index contributed by atoms with van der Waals surface area (Å²) in [5, 5.41) is 9.36. The van der Waals surface area contributed by atoms with Gasteiger partial charge in [0.05, 0.1) is 11.3 Å². The first-order chi connectivity index (χ1) is 8.58. The molecule has 1 aromatic rings. The lowest BCUT2D eigenvalue weighted by Gasteiger charge is -2.10. The molecule has 1 heterocycles. The van der Waals surface area contributed by atoms with E-state index in [-0.39, 0.29) is 11.9 Å². The fourth-order valence-corrected chi connectivity index (χ4v) is 2.03. The number of aromatic nitrogens is 1. The van der Waals surface area contributed by atoms with E-state index in [1.807, 2.05) is 12.1 Å². The Bertz CT molecular complexity index is 534. The van der Waals surface area contributed by atoms with Crippen LogP contribution in [0.15, 0.2) is 12.1 Å². The van der Waals surface area contributed by atoms with Gasteiger partial charge in [-0.3, -0.25) is 20.5 Å². The minimum absolute atomic E-state index is 0.357. The molecule has 0 saturated heterocycles. The lowest BCUT2D eigenvalue weighted by molar-refractivity contribution is 0.0975. The lowest BCUT2D eigenvalue weighted by Crippen LogP contribution is -2.36. The van der Waals surface area contributed by atoms with Crippen LogP contribution < -0.4 is 11.1 Å². The molecule has 0 spiro atoms. The van der Waals surface area contributed by atoms with Gasteiger partial charge >= 0.3 is 0 Å². The topological polar surface area (TPSA) is 91.9 Å². The second-order valence-electron chi connectivity index (χ2n) is 4.32. The molecular weight excluding hydrogens is 228 g/mol. The Kier molecular flexibility index (Phi) is 3.41. The number of nitrogens with one attached hydrogen (secondary N) is 2. The highest BCUT2D eigenvalue weighted by atomic mass is 16.1. The zero-order chi connectivity index (χ0) is 13.1. The molecule has 94 valence electrons. The molecule has 0 unspecified atom stereocenters. The van der Waals surface area contributed by atoms with Crippen LogP contribution in [0.1, 0.15) is 40.2 Å². The van der Waals surface area contributed by atoms with Crippen molar-refractivity contribution in [3.8, 4) is 0 Å². The van der Waals surface area contributed by atoms with E-state index in [0.717, 1.165) is 30.5 Å². The van der Waals surface area contributed by atoms with Gasteiger partial charge in [-0.2, -0.15) is 0 Å². The maximum absolute atomic E-state index is 11.9. The molecule has 1 amide bonds. The highest BCUT2D eigenvalue weighted by Crippen LogP contribution is 2.20. The van der Waals surface area contributed by atoms with Crippen molar-refractivity contribution in [3.05, 3.63) is 34.7 Å². The van der Waals surface area contributed by atoms with Gasteiger partial charge in [-0.15, -0.1) is 0 Å². The number of hydrogen-bond acceptors (Lipinski definition) is 3.